The van der Waals surface area contributed by atoms with Crippen molar-refractivity contribution in [2.45, 2.75) is 30.7 Å². The van der Waals surface area contributed by atoms with E-state index in [0.29, 0.717) is 17.6 Å². The third-order valence-electron chi connectivity index (χ3n) is 3.28. The highest BCUT2D eigenvalue weighted by Crippen LogP contribution is 2.39. The van der Waals surface area contributed by atoms with Crippen LogP contribution in [0.4, 0.5) is 0 Å². The van der Waals surface area contributed by atoms with Gasteiger partial charge in [-0.1, -0.05) is 12.1 Å². The Morgan fingerprint density at radius 3 is 2.74 bits per heavy atom. The van der Waals surface area contributed by atoms with Crippen LogP contribution in [0.5, 0.6) is 0 Å². The molecule has 2 aromatic rings. The first-order chi connectivity index (χ1) is 9.28. The lowest BCUT2D eigenvalue weighted by molar-refractivity contribution is 0.343. The summed E-state index contributed by atoms with van der Waals surface area (Å²) in [5.41, 5.74) is 7.03. The largest absolute Gasteiger partial charge is 0.337 e. The van der Waals surface area contributed by atoms with Gasteiger partial charge in [0.2, 0.25) is 11.7 Å². The summed E-state index contributed by atoms with van der Waals surface area (Å²) in [5, 5.41) is 4.02. The number of nitrogens with two attached hydrogens (primary N) is 1. The Bertz CT molecular complexity index is 548. The number of aromatic nitrogens is 2. The van der Waals surface area contributed by atoms with E-state index in [0.717, 1.165) is 11.3 Å². The summed E-state index contributed by atoms with van der Waals surface area (Å²) in [7, 11) is 0. The maximum atomic E-state index is 6.06. The lowest BCUT2D eigenvalue weighted by atomic mass is 10.2. The van der Waals surface area contributed by atoms with Gasteiger partial charge in [0, 0.05) is 10.5 Å². The second-order valence-corrected chi connectivity index (χ2v) is 6.11. The van der Waals surface area contributed by atoms with Gasteiger partial charge >= 0.3 is 0 Å². The molecule has 4 nitrogen and oxygen atoms in total. The van der Waals surface area contributed by atoms with Crippen LogP contribution in [0.1, 0.15) is 31.7 Å². The lowest BCUT2D eigenvalue weighted by Crippen LogP contribution is -2.12. The summed E-state index contributed by atoms with van der Waals surface area (Å²) in [4.78, 5) is 5.66. The van der Waals surface area contributed by atoms with E-state index in [9.17, 15) is 0 Å². The van der Waals surface area contributed by atoms with Crippen molar-refractivity contribution in [1.82, 2.24) is 10.1 Å². The number of thioether (sulfide) groups is 1. The molecule has 1 aliphatic carbocycles. The quantitative estimate of drug-likeness (QED) is 0.848. The molecule has 1 saturated carbocycles. The first kappa shape index (κ1) is 12.7. The van der Waals surface area contributed by atoms with Crippen LogP contribution in [-0.4, -0.2) is 15.9 Å². The van der Waals surface area contributed by atoms with Gasteiger partial charge in [-0.2, -0.15) is 4.98 Å². The molecule has 1 unspecified atom stereocenters. The van der Waals surface area contributed by atoms with E-state index in [1.54, 1.807) is 0 Å². The van der Waals surface area contributed by atoms with Crippen molar-refractivity contribution in [2.75, 3.05) is 5.75 Å². The molecule has 5 heteroatoms. The number of hydrogen-bond donors (Lipinski definition) is 1. The van der Waals surface area contributed by atoms with E-state index in [4.69, 9.17) is 10.3 Å². The third-order valence-corrected chi connectivity index (χ3v) is 4.17. The van der Waals surface area contributed by atoms with Crippen LogP contribution in [-0.2, 0) is 0 Å². The normalized spacial score (nSPS) is 16.5. The standard InChI is InChI=1S/C14H17N3OS/c1-2-19-11-7-5-10(6-8-11)13-16-14(18-17-13)12(15)9-3-4-9/h5-9,12H,2-4,15H2,1H3. The Balaban J connectivity index is 1.77. The first-order valence-electron chi connectivity index (χ1n) is 6.60. The Kier molecular flexibility index (Phi) is 3.57. The summed E-state index contributed by atoms with van der Waals surface area (Å²) in [6.45, 7) is 2.14. The molecule has 0 spiro atoms. The molecule has 0 bridgehead atoms. The van der Waals surface area contributed by atoms with Gasteiger partial charge in [0.05, 0.1) is 6.04 Å². The first-order valence-corrected chi connectivity index (χ1v) is 7.59. The molecule has 1 aromatic carbocycles. The molecule has 1 atom stereocenters. The summed E-state index contributed by atoms with van der Waals surface area (Å²) < 4.78 is 5.27. The van der Waals surface area contributed by atoms with E-state index in [1.807, 2.05) is 23.9 Å². The smallest absolute Gasteiger partial charge is 0.244 e. The highest BCUT2D eigenvalue weighted by Gasteiger charge is 2.33. The summed E-state index contributed by atoms with van der Waals surface area (Å²) in [6.07, 6.45) is 2.34. The van der Waals surface area contributed by atoms with E-state index in [2.05, 4.69) is 29.2 Å². The monoisotopic (exact) mass is 275 g/mol. The molecule has 19 heavy (non-hydrogen) atoms. The molecule has 1 heterocycles. The van der Waals surface area contributed by atoms with Gasteiger partial charge in [0.15, 0.2) is 0 Å². The van der Waals surface area contributed by atoms with Gasteiger partial charge in [-0.25, -0.2) is 0 Å². The van der Waals surface area contributed by atoms with Crippen LogP contribution in [0.3, 0.4) is 0 Å². The van der Waals surface area contributed by atoms with E-state index >= 15 is 0 Å². The Morgan fingerprint density at radius 1 is 1.37 bits per heavy atom. The number of hydrogen-bond acceptors (Lipinski definition) is 5. The average Bonchev–Trinajstić information content (AvgIpc) is 3.17. The Labute approximate surface area is 116 Å². The molecule has 1 fully saturated rings. The van der Waals surface area contributed by atoms with Crippen LogP contribution in [0.25, 0.3) is 11.4 Å². The van der Waals surface area contributed by atoms with Crippen molar-refractivity contribution in [3.8, 4) is 11.4 Å². The fraction of sp³-hybridized carbons (Fsp3) is 0.429. The molecule has 1 aliphatic rings. The van der Waals surface area contributed by atoms with E-state index in [1.165, 1.54) is 17.7 Å². The highest BCUT2D eigenvalue weighted by molar-refractivity contribution is 7.99. The molecule has 2 N–H and O–H groups in total. The molecule has 0 radical (unpaired) electrons. The topological polar surface area (TPSA) is 64.9 Å². The molecule has 100 valence electrons. The van der Waals surface area contributed by atoms with Gasteiger partial charge in [-0.05, 0) is 48.8 Å². The zero-order chi connectivity index (χ0) is 13.2. The minimum Gasteiger partial charge on any atom is -0.337 e. The fourth-order valence-electron chi connectivity index (χ4n) is 2.01. The zero-order valence-electron chi connectivity index (χ0n) is 10.9. The van der Waals surface area contributed by atoms with Crippen LogP contribution >= 0.6 is 11.8 Å². The molecular formula is C14H17N3OS. The highest BCUT2D eigenvalue weighted by atomic mass is 32.2. The van der Waals surface area contributed by atoms with Gasteiger partial charge in [-0.3, -0.25) is 0 Å². The van der Waals surface area contributed by atoms with Gasteiger partial charge < -0.3 is 10.3 Å². The lowest BCUT2D eigenvalue weighted by Gasteiger charge is -2.01. The maximum absolute atomic E-state index is 6.06. The molecule has 1 aromatic heterocycles. The second-order valence-electron chi connectivity index (χ2n) is 4.78. The van der Waals surface area contributed by atoms with Gasteiger partial charge in [0.25, 0.3) is 0 Å². The minimum atomic E-state index is -0.101. The third kappa shape index (κ3) is 2.82. The fourth-order valence-corrected chi connectivity index (χ4v) is 2.67. The summed E-state index contributed by atoms with van der Waals surface area (Å²) >= 11 is 1.82. The summed E-state index contributed by atoms with van der Waals surface area (Å²) in [5.74, 6) is 2.78. The molecule has 0 aliphatic heterocycles. The van der Waals surface area contributed by atoms with Crippen molar-refractivity contribution in [1.29, 1.82) is 0 Å². The predicted molar refractivity (Wildman–Crippen MR) is 75.8 cm³/mol. The van der Waals surface area contributed by atoms with E-state index < -0.39 is 0 Å². The number of nitrogens with zero attached hydrogens (tertiary/aromatic N) is 2. The molecule has 0 amide bonds. The van der Waals surface area contributed by atoms with Crippen molar-refractivity contribution in [2.24, 2.45) is 11.7 Å². The van der Waals surface area contributed by atoms with Crippen LogP contribution in [0, 0.1) is 5.92 Å². The number of rotatable bonds is 5. The predicted octanol–water partition coefficient (Wildman–Crippen LogP) is 3.26. The van der Waals surface area contributed by atoms with Gasteiger partial charge in [-0.15, -0.1) is 11.8 Å². The average molecular weight is 275 g/mol. The SMILES string of the molecule is CCSc1ccc(-c2noc(C(N)C3CC3)n2)cc1. The molecular weight excluding hydrogens is 258 g/mol. The Hall–Kier alpha value is -1.33. The van der Waals surface area contributed by atoms with Crippen molar-refractivity contribution >= 4 is 11.8 Å². The van der Waals surface area contributed by atoms with E-state index in [-0.39, 0.29) is 6.04 Å². The zero-order valence-corrected chi connectivity index (χ0v) is 11.7. The van der Waals surface area contributed by atoms with Crippen LogP contribution in [0.2, 0.25) is 0 Å². The van der Waals surface area contributed by atoms with Crippen molar-refractivity contribution in [3.05, 3.63) is 30.2 Å². The molecule has 3 rings (SSSR count). The number of benzene rings is 1. The van der Waals surface area contributed by atoms with Gasteiger partial charge in [0.1, 0.15) is 0 Å². The van der Waals surface area contributed by atoms with Crippen molar-refractivity contribution < 1.29 is 4.52 Å². The van der Waals surface area contributed by atoms with Crippen molar-refractivity contribution in [3.63, 3.8) is 0 Å². The molecule has 0 saturated heterocycles. The minimum absolute atomic E-state index is 0.101. The van der Waals surface area contributed by atoms with Crippen LogP contribution in [0.15, 0.2) is 33.7 Å². The second kappa shape index (κ2) is 5.35. The Morgan fingerprint density at radius 2 is 2.11 bits per heavy atom. The maximum Gasteiger partial charge on any atom is 0.244 e. The van der Waals surface area contributed by atoms with Crippen LogP contribution < -0.4 is 5.73 Å². The summed E-state index contributed by atoms with van der Waals surface area (Å²) in [6, 6.07) is 8.11.